The Morgan fingerprint density at radius 3 is 2.56 bits per heavy atom. The summed E-state index contributed by atoms with van der Waals surface area (Å²) in [7, 11) is 1.98. The summed E-state index contributed by atoms with van der Waals surface area (Å²) >= 11 is 0. The van der Waals surface area contributed by atoms with E-state index in [-0.39, 0.29) is 11.3 Å². The number of rotatable bonds is 4. The van der Waals surface area contributed by atoms with Crippen LogP contribution in [0.5, 0.6) is 5.75 Å². The van der Waals surface area contributed by atoms with E-state index >= 15 is 0 Å². The Balaban J connectivity index is 2.85. The summed E-state index contributed by atoms with van der Waals surface area (Å²) in [4.78, 5) is 2.11. The molecule has 1 rings (SSSR count). The van der Waals surface area contributed by atoms with Gasteiger partial charge in [-0.15, -0.1) is 0 Å². The van der Waals surface area contributed by atoms with E-state index in [0.717, 1.165) is 6.42 Å². The molecule has 0 bridgehead atoms. The normalized spacial score (nSPS) is 12.1. The van der Waals surface area contributed by atoms with Gasteiger partial charge in [-0.05, 0) is 33.4 Å². The highest BCUT2D eigenvalue weighted by Gasteiger charge is 2.22. The van der Waals surface area contributed by atoms with Gasteiger partial charge in [-0.1, -0.05) is 19.1 Å². The van der Waals surface area contributed by atoms with Crippen LogP contribution in [0.15, 0.2) is 18.2 Å². The van der Waals surface area contributed by atoms with E-state index in [4.69, 9.17) is 0 Å². The number of halogens is 1. The van der Waals surface area contributed by atoms with Gasteiger partial charge in [0.2, 0.25) is 0 Å². The summed E-state index contributed by atoms with van der Waals surface area (Å²) < 4.78 is 13.1. The zero-order chi connectivity index (χ0) is 12.3. The average molecular weight is 225 g/mol. The van der Waals surface area contributed by atoms with Crippen LogP contribution >= 0.6 is 0 Å². The molecular weight excluding hydrogens is 205 g/mol. The Hall–Kier alpha value is -1.09. The van der Waals surface area contributed by atoms with Gasteiger partial charge in [0.05, 0.1) is 0 Å². The largest absolute Gasteiger partial charge is 0.505 e. The van der Waals surface area contributed by atoms with Crippen LogP contribution in [0.4, 0.5) is 4.39 Å². The molecular formula is C13H20FNO. The Labute approximate surface area is 96.7 Å². The zero-order valence-electron chi connectivity index (χ0n) is 10.4. The second kappa shape index (κ2) is 4.83. The first-order valence-electron chi connectivity index (χ1n) is 5.56. The molecule has 0 aliphatic carbocycles. The number of benzene rings is 1. The molecule has 1 aromatic rings. The summed E-state index contributed by atoms with van der Waals surface area (Å²) in [5.74, 6) is -0.790. The molecule has 90 valence electrons. The highest BCUT2D eigenvalue weighted by atomic mass is 19.1. The van der Waals surface area contributed by atoms with Crippen molar-refractivity contribution < 1.29 is 9.50 Å². The van der Waals surface area contributed by atoms with Crippen molar-refractivity contribution in [2.75, 3.05) is 7.05 Å². The number of hydrogen-bond acceptors (Lipinski definition) is 2. The van der Waals surface area contributed by atoms with Crippen LogP contribution in [-0.2, 0) is 6.54 Å². The van der Waals surface area contributed by atoms with Crippen molar-refractivity contribution in [1.82, 2.24) is 4.90 Å². The molecule has 1 aromatic carbocycles. The third-order valence-electron chi connectivity index (χ3n) is 3.38. The van der Waals surface area contributed by atoms with Gasteiger partial charge in [0.25, 0.3) is 0 Å². The lowest BCUT2D eigenvalue weighted by molar-refractivity contribution is 0.141. The zero-order valence-corrected chi connectivity index (χ0v) is 10.4. The monoisotopic (exact) mass is 225 g/mol. The van der Waals surface area contributed by atoms with Gasteiger partial charge >= 0.3 is 0 Å². The predicted octanol–water partition coefficient (Wildman–Crippen LogP) is 3.15. The molecule has 0 saturated heterocycles. The second-order valence-electron chi connectivity index (χ2n) is 4.77. The van der Waals surface area contributed by atoms with Crippen molar-refractivity contribution in [3.8, 4) is 5.75 Å². The fourth-order valence-electron chi connectivity index (χ4n) is 1.43. The van der Waals surface area contributed by atoms with Crippen LogP contribution in [0.2, 0.25) is 0 Å². The van der Waals surface area contributed by atoms with Crippen molar-refractivity contribution in [2.24, 2.45) is 0 Å². The van der Waals surface area contributed by atoms with E-state index in [0.29, 0.717) is 12.1 Å². The van der Waals surface area contributed by atoms with Crippen LogP contribution < -0.4 is 0 Å². The maximum absolute atomic E-state index is 13.1. The van der Waals surface area contributed by atoms with Gasteiger partial charge in [-0.25, -0.2) is 4.39 Å². The van der Waals surface area contributed by atoms with Crippen molar-refractivity contribution in [3.05, 3.63) is 29.6 Å². The van der Waals surface area contributed by atoms with Crippen LogP contribution in [0.25, 0.3) is 0 Å². The lowest BCUT2D eigenvalue weighted by atomic mass is 9.99. The summed E-state index contributed by atoms with van der Waals surface area (Å²) in [6.45, 7) is 6.92. The van der Waals surface area contributed by atoms with E-state index in [1.165, 1.54) is 6.07 Å². The molecule has 0 atom stereocenters. The average Bonchev–Trinajstić information content (AvgIpc) is 2.24. The number of nitrogens with zero attached hydrogens (tertiary/aromatic N) is 1. The number of hydrogen-bond donors (Lipinski definition) is 1. The van der Waals surface area contributed by atoms with Gasteiger partial charge in [0.15, 0.2) is 11.6 Å². The molecule has 0 unspecified atom stereocenters. The fourth-order valence-corrected chi connectivity index (χ4v) is 1.43. The molecule has 3 heteroatoms. The number of phenolic OH excluding ortho intramolecular Hbond substituents is 1. The molecule has 0 aliphatic heterocycles. The lowest BCUT2D eigenvalue weighted by Crippen LogP contribution is -2.39. The fraction of sp³-hybridized carbons (Fsp3) is 0.538. The molecule has 16 heavy (non-hydrogen) atoms. The van der Waals surface area contributed by atoms with Crippen LogP contribution in [0, 0.1) is 5.82 Å². The quantitative estimate of drug-likeness (QED) is 0.851. The smallest absolute Gasteiger partial charge is 0.165 e. The molecule has 0 spiro atoms. The summed E-state index contributed by atoms with van der Waals surface area (Å²) in [5, 5.41) is 9.58. The number of phenols is 1. The van der Waals surface area contributed by atoms with E-state index in [9.17, 15) is 9.50 Å². The third-order valence-corrected chi connectivity index (χ3v) is 3.38. The first-order chi connectivity index (χ1) is 7.38. The van der Waals surface area contributed by atoms with Gasteiger partial charge in [-0.3, -0.25) is 4.90 Å². The standard InChI is InChI=1S/C13H20FNO/c1-5-13(2,3)15(4)9-10-7-6-8-11(14)12(10)16/h6-8,16H,5,9H2,1-4H3. The Morgan fingerprint density at radius 2 is 2.00 bits per heavy atom. The van der Waals surface area contributed by atoms with Crippen LogP contribution in [0.3, 0.4) is 0 Å². The minimum absolute atomic E-state index is 0.0404. The van der Waals surface area contributed by atoms with Crippen LogP contribution in [-0.4, -0.2) is 22.6 Å². The Morgan fingerprint density at radius 1 is 1.38 bits per heavy atom. The lowest BCUT2D eigenvalue weighted by Gasteiger charge is -2.35. The second-order valence-corrected chi connectivity index (χ2v) is 4.77. The van der Waals surface area contributed by atoms with E-state index in [1.54, 1.807) is 12.1 Å². The van der Waals surface area contributed by atoms with Crippen molar-refractivity contribution in [3.63, 3.8) is 0 Å². The van der Waals surface area contributed by atoms with Gasteiger partial charge in [0.1, 0.15) is 0 Å². The first kappa shape index (κ1) is 13.0. The number of aromatic hydroxyl groups is 1. The predicted molar refractivity (Wildman–Crippen MR) is 63.9 cm³/mol. The highest BCUT2D eigenvalue weighted by Crippen LogP contribution is 2.25. The molecule has 0 aromatic heterocycles. The van der Waals surface area contributed by atoms with E-state index in [2.05, 4.69) is 25.7 Å². The molecule has 1 N–H and O–H groups in total. The third kappa shape index (κ3) is 2.73. The maximum Gasteiger partial charge on any atom is 0.165 e. The van der Waals surface area contributed by atoms with Gasteiger partial charge in [0, 0.05) is 17.6 Å². The molecule has 0 aliphatic rings. The maximum atomic E-state index is 13.1. The van der Waals surface area contributed by atoms with Gasteiger partial charge < -0.3 is 5.11 Å². The van der Waals surface area contributed by atoms with E-state index in [1.807, 2.05) is 7.05 Å². The molecule has 0 amide bonds. The molecule has 0 fully saturated rings. The summed E-state index contributed by atoms with van der Waals surface area (Å²) in [5.41, 5.74) is 0.669. The summed E-state index contributed by atoms with van der Waals surface area (Å²) in [6.07, 6.45) is 1.000. The molecule has 0 radical (unpaired) electrons. The SMILES string of the molecule is CCC(C)(C)N(C)Cc1cccc(F)c1O. The summed E-state index contributed by atoms with van der Waals surface area (Å²) in [6, 6.07) is 4.64. The highest BCUT2D eigenvalue weighted by molar-refractivity contribution is 5.33. The van der Waals surface area contributed by atoms with Crippen molar-refractivity contribution in [2.45, 2.75) is 39.3 Å². The van der Waals surface area contributed by atoms with Gasteiger partial charge in [-0.2, -0.15) is 0 Å². The molecule has 2 nitrogen and oxygen atoms in total. The van der Waals surface area contributed by atoms with Crippen molar-refractivity contribution >= 4 is 0 Å². The Bertz CT molecular complexity index is 363. The topological polar surface area (TPSA) is 23.5 Å². The molecule has 0 heterocycles. The van der Waals surface area contributed by atoms with Crippen molar-refractivity contribution in [1.29, 1.82) is 0 Å². The first-order valence-corrected chi connectivity index (χ1v) is 5.56. The Kier molecular flexibility index (Phi) is 3.92. The molecule has 0 saturated carbocycles. The minimum atomic E-state index is -0.555. The number of para-hydroxylation sites is 1. The van der Waals surface area contributed by atoms with E-state index < -0.39 is 5.82 Å². The van der Waals surface area contributed by atoms with Crippen LogP contribution in [0.1, 0.15) is 32.8 Å². The minimum Gasteiger partial charge on any atom is -0.505 e.